The van der Waals surface area contributed by atoms with E-state index in [1.165, 1.54) is 6.07 Å². The fraction of sp³-hybridized carbons (Fsp3) is 0.0714. The van der Waals surface area contributed by atoms with E-state index in [1.54, 1.807) is 6.92 Å². The van der Waals surface area contributed by atoms with Gasteiger partial charge in [-0.25, -0.2) is 9.38 Å². The number of rotatable bonds is 2. The summed E-state index contributed by atoms with van der Waals surface area (Å²) in [5.74, 6) is -0.745. The number of nitrogens with zero attached hydrogens (tertiary/aromatic N) is 1. The number of benzene rings is 2. The van der Waals surface area contributed by atoms with Crippen molar-refractivity contribution in [2.45, 2.75) is 6.92 Å². The Labute approximate surface area is 109 Å². The van der Waals surface area contributed by atoms with Crippen molar-refractivity contribution in [1.29, 1.82) is 0 Å². The van der Waals surface area contributed by atoms with Crippen LogP contribution in [-0.4, -0.2) is 10.8 Å². The summed E-state index contributed by atoms with van der Waals surface area (Å²) in [6.07, 6.45) is 0. The number of hydrogen-bond acceptors (Lipinski definition) is 2. The van der Waals surface area contributed by atoms with Crippen LogP contribution in [0.4, 0.5) is 10.1 Å². The fourth-order valence-corrected chi connectivity index (χ4v) is 1.69. The maximum absolute atomic E-state index is 13.6. The van der Waals surface area contributed by atoms with Gasteiger partial charge in [0.25, 0.3) is 0 Å². The van der Waals surface area contributed by atoms with Crippen LogP contribution in [0.1, 0.15) is 12.5 Å². The highest BCUT2D eigenvalue weighted by Gasteiger charge is 2.07. The van der Waals surface area contributed by atoms with Crippen LogP contribution in [0.3, 0.4) is 0 Å². The van der Waals surface area contributed by atoms with E-state index in [-0.39, 0.29) is 16.5 Å². The van der Waals surface area contributed by atoms with Gasteiger partial charge in [0.15, 0.2) is 5.82 Å². The second-order valence-corrected chi connectivity index (χ2v) is 4.23. The van der Waals surface area contributed by atoms with Crippen molar-refractivity contribution in [3.05, 3.63) is 58.9 Å². The summed E-state index contributed by atoms with van der Waals surface area (Å²) < 4.78 is 13.6. The van der Waals surface area contributed by atoms with Crippen LogP contribution in [0.15, 0.2) is 47.5 Å². The molecule has 0 fully saturated rings. The van der Waals surface area contributed by atoms with Crippen molar-refractivity contribution in [1.82, 2.24) is 0 Å². The summed E-state index contributed by atoms with van der Waals surface area (Å²) >= 11 is 5.60. The molecule has 0 saturated carbocycles. The summed E-state index contributed by atoms with van der Waals surface area (Å²) in [5.41, 5.74) is 1.63. The van der Waals surface area contributed by atoms with Gasteiger partial charge in [-0.1, -0.05) is 41.9 Å². The third-order valence-corrected chi connectivity index (χ3v) is 2.80. The maximum Gasteiger partial charge on any atom is 0.150 e. The maximum atomic E-state index is 13.6. The first-order valence-electron chi connectivity index (χ1n) is 5.36. The summed E-state index contributed by atoms with van der Waals surface area (Å²) in [6.45, 7) is 1.78. The van der Waals surface area contributed by atoms with Crippen LogP contribution in [0, 0.1) is 5.82 Å². The predicted octanol–water partition coefficient (Wildman–Crippen LogP) is 4.33. The topological polar surface area (TPSA) is 32.6 Å². The van der Waals surface area contributed by atoms with Gasteiger partial charge in [0.1, 0.15) is 11.4 Å². The third-order valence-electron chi connectivity index (χ3n) is 2.50. The average molecular weight is 264 g/mol. The smallest absolute Gasteiger partial charge is 0.150 e. The first-order chi connectivity index (χ1) is 8.58. The second-order valence-electron chi connectivity index (χ2n) is 3.82. The van der Waals surface area contributed by atoms with Gasteiger partial charge in [0.05, 0.1) is 5.02 Å². The van der Waals surface area contributed by atoms with E-state index in [4.69, 9.17) is 11.6 Å². The molecular formula is C14H11ClFNO. The Morgan fingerprint density at radius 3 is 2.56 bits per heavy atom. The predicted molar refractivity (Wildman–Crippen MR) is 71.4 cm³/mol. The number of phenolic OH excluding ortho intramolecular Hbond substituents is 1. The number of phenols is 1. The molecule has 4 heteroatoms. The molecule has 0 aliphatic rings. The highest BCUT2D eigenvalue weighted by molar-refractivity contribution is 6.32. The number of aromatic hydroxyl groups is 1. The first kappa shape index (κ1) is 12.6. The van der Waals surface area contributed by atoms with Crippen LogP contribution in [0.2, 0.25) is 5.02 Å². The summed E-state index contributed by atoms with van der Waals surface area (Å²) in [7, 11) is 0. The van der Waals surface area contributed by atoms with E-state index >= 15 is 0 Å². The van der Waals surface area contributed by atoms with E-state index in [0.717, 1.165) is 11.6 Å². The van der Waals surface area contributed by atoms with Gasteiger partial charge in [-0.3, -0.25) is 0 Å². The minimum absolute atomic E-state index is 0.0242. The Morgan fingerprint density at radius 2 is 1.89 bits per heavy atom. The van der Waals surface area contributed by atoms with Gasteiger partial charge in [0.2, 0.25) is 0 Å². The van der Waals surface area contributed by atoms with Crippen molar-refractivity contribution < 1.29 is 9.50 Å². The molecule has 0 aliphatic heterocycles. The first-order valence-corrected chi connectivity index (χ1v) is 5.74. The van der Waals surface area contributed by atoms with Crippen LogP contribution in [0.25, 0.3) is 0 Å². The molecule has 0 saturated heterocycles. The zero-order valence-corrected chi connectivity index (χ0v) is 10.4. The summed E-state index contributed by atoms with van der Waals surface area (Å²) in [5, 5.41) is 9.42. The Kier molecular flexibility index (Phi) is 3.63. The zero-order valence-electron chi connectivity index (χ0n) is 9.69. The molecule has 18 heavy (non-hydrogen) atoms. The SMILES string of the molecule is CC(=Nc1cc(O)c(Cl)cc1F)c1ccccc1. The lowest BCUT2D eigenvalue weighted by atomic mass is 10.1. The zero-order chi connectivity index (χ0) is 13.1. The highest BCUT2D eigenvalue weighted by atomic mass is 35.5. The molecule has 0 aliphatic carbocycles. The lowest BCUT2D eigenvalue weighted by Gasteiger charge is -2.04. The third kappa shape index (κ3) is 2.68. The van der Waals surface area contributed by atoms with Gasteiger partial charge in [-0.05, 0) is 18.6 Å². The van der Waals surface area contributed by atoms with E-state index in [9.17, 15) is 9.50 Å². The number of hydrogen-bond donors (Lipinski definition) is 1. The molecule has 2 nitrogen and oxygen atoms in total. The Morgan fingerprint density at radius 1 is 1.22 bits per heavy atom. The number of aliphatic imine (C=N–C) groups is 1. The van der Waals surface area contributed by atoms with Crippen molar-refractivity contribution in [3.63, 3.8) is 0 Å². The van der Waals surface area contributed by atoms with Gasteiger partial charge >= 0.3 is 0 Å². The molecule has 0 unspecified atom stereocenters. The average Bonchev–Trinajstić information content (AvgIpc) is 2.37. The van der Waals surface area contributed by atoms with Crippen LogP contribution in [-0.2, 0) is 0 Å². The summed E-state index contributed by atoms with van der Waals surface area (Å²) in [4.78, 5) is 4.15. The van der Waals surface area contributed by atoms with Crippen LogP contribution >= 0.6 is 11.6 Å². The Balaban J connectivity index is 2.42. The van der Waals surface area contributed by atoms with E-state index < -0.39 is 5.82 Å². The molecular weight excluding hydrogens is 253 g/mol. The van der Waals surface area contributed by atoms with Crippen molar-refractivity contribution in [2.75, 3.05) is 0 Å². The largest absolute Gasteiger partial charge is 0.506 e. The quantitative estimate of drug-likeness (QED) is 0.804. The van der Waals surface area contributed by atoms with Crippen molar-refractivity contribution in [3.8, 4) is 5.75 Å². The van der Waals surface area contributed by atoms with Crippen LogP contribution in [0.5, 0.6) is 5.75 Å². The van der Waals surface area contributed by atoms with E-state index in [1.807, 2.05) is 30.3 Å². The molecule has 2 aromatic rings. The van der Waals surface area contributed by atoms with E-state index in [2.05, 4.69) is 4.99 Å². The molecule has 0 heterocycles. The van der Waals surface area contributed by atoms with Gasteiger partial charge in [-0.2, -0.15) is 0 Å². The van der Waals surface area contributed by atoms with Gasteiger partial charge in [0, 0.05) is 11.8 Å². The summed E-state index contributed by atoms with van der Waals surface area (Å²) in [6, 6.07) is 11.7. The second kappa shape index (κ2) is 5.19. The molecule has 0 atom stereocenters. The minimum Gasteiger partial charge on any atom is -0.506 e. The molecule has 0 aromatic heterocycles. The van der Waals surface area contributed by atoms with E-state index in [0.29, 0.717) is 5.71 Å². The lowest BCUT2D eigenvalue weighted by molar-refractivity contribution is 0.474. The molecule has 0 amide bonds. The highest BCUT2D eigenvalue weighted by Crippen LogP contribution is 2.31. The molecule has 2 rings (SSSR count). The molecule has 92 valence electrons. The normalized spacial score (nSPS) is 11.6. The molecule has 0 bridgehead atoms. The van der Waals surface area contributed by atoms with Crippen LogP contribution < -0.4 is 0 Å². The molecule has 2 aromatic carbocycles. The minimum atomic E-state index is -0.562. The van der Waals surface area contributed by atoms with Crippen molar-refractivity contribution in [2.24, 2.45) is 4.99 Å². The van der Waals surface area contributed by atoms with Gasteiger partial charge < -0.3 is 5.11 Å². The fourth-order valence-electron chi connectivity index (χ4n) is 1.54. The standard InChI is InChI=1S/C14H11ClFNO/c1-9(10-5-3-2-4-6-10)17-13-8-14(18)11(15)7-12(13)16/h2-8,18H,1H3. The number of halogens is 2. The molecule has 1 N–H and O–H groups in total. The van der Waals surface area contributed by atoms with Gasteiger partial charge in [-0.15, -0.1) is 0 Å². The molecule has 0 radical (unpaired) electrons. The monoisotopic (exact) mass is 263 g/mol. The Bertz CT molecular complexity index is 596. The van der Waals surface area contributed by atoms with Crippen molar-refractivity contribution >= 4 is 23.0 Å². The Hall–Kier alpha value is -1.87. The molecule has 0 spiro atoms. The lowest BCUT2D eigenvalue weighted by Crippen LogP contribution is -1.93.